The van der Waals surface area contributed by atoms with Gasteiger partial charge in [0.05, 0.1) is 27.3 Å². The van der Waals surface area contributed by atoms with E-state index in [9.17, 15) is 30.1 Å². The standard InChI is InChI=1S/C16H10N4O6/c21-16(22)9-4-1-2-6-11(9)18-15-13(20(25)26)8-12(19(23)24)10-5-3-7-17-14(10)15/h1-8,18H,(H,21,22)/p-1. The van der Waals surface area contributed by atoms with Gasteiger partial charge in [0.15, 0.2) is 0 Å². The molecule has 0 aliphatic carbocycles. The first-order valence-electron chi connectivity index (χ1n) is 7.18. The minimum Gasteiger partial charge on any atom is -0.545 e. The molecule has 0 unspecified atom stereocenters. The quantitative estimate of drug-likeness (QED) is 0.541. The van der Waals surface area contributed by atoms with Gasteiger partial charge in [-0.15, -0.1) is 0 Å². The van der Waals surface area contributed by atoms with Crippen LogP contribution in [0.3, 0.4) is 0 Å². The summed E-state index contributed by atoms with van der Waals surface area (Å²) >= 11 is 0. The fourth-order valence-electron chi connectivity index (χ4n) is 2.54. The van der Waals surface area contributed by atoms with Gasteiger partial charge < -0.3 is 15.2 Å². The van der Waals surface area contributed by atoms with E-state index >= 15 is 0 Å². The van der Waals surface area contributed by atoms with E-state index in [0.29, 0.717) is 0 Å². The maximum atomic E-state index is 11.4. The van der Waals surface area contributed by atoms with E-state index in [1.807, 2.05) is 0 Å². The van der Waals surface area contributed by atoms with Crippen LogP contribution in [0, 0.1) is 20.2 Å². The van der Waals surface area contributed by atoms with Gasteiger partial charge in [0.1, 0.15) is 11.2 Å². The van der Waals surface area contributed by atoms with Crippen LogP contribution in [-0.2, 0) is 0 Å². The number of para-hydroxylation sites is 1. The molecule has 0 bridgehead atoms. The topological polar surface area (TPSA) is 151 Å². The molecule has 2 aromatic carbocycles. The van der Waals surface area contributed by atoms with Gasteiger partial charge in [-0.2, -0.15) is 0 Å². The lowest BCUT2D eigenvalue weighted by Crippen LogP contribution is -2.23. The number of benzene rings is 2. The zero-order valence-electron chi connectivity index (χ0n) is 12.9. The number of hydrogen-bond acceptors (Lipinski definition) is 8. The number of carboxylic acids is 1. The Kier molecular flexibility index (Phi) is 4.15. The molecule has 3 rings (SSSR count). The Hall–Kier alpha value is -4.08. The number of nitrogens with zero attached hydrogens (tertiary/aromatic N) is 3. The van der Waals surface area contributed by atoms with E-state index in [1.165, 1.54) is 42.6 Å². The molecule has 26 heavy (non-hydrogen) atoms. The third kappa shape index (κ3) is 2.86. The van der Waals surface area contributed by atoms with Crippen molar-refractivity contribution in [1.29, 1.82) is 0 Å². The molecule has 0 fully saturated rings. The zero-order chi connectivity index (χ0) is 18.8. The number of carboxylic acid groups (broad SMARTS) is 1. The Morgan fingerprint density at radius 3 is 2.35 bits per heavy atom. The number of carbonyl (C=O) groups excluding carboxylic acids is 1. The highest BCUT2D eigenvalue weighted by atomic mass is 16.6. The van der Waals surface area contributed by atoms with Gasteiger partial charge in [-0.3, -0.25) is 25.2 Å². The lowest BCUT2D eigenvalue weighted by atomic mass is 10.1. The molecular weight excluding hydrogens is 344 g/mol. The molecule has 0 aliphatic heterocycles. The Bertz CT molecular complexity index is 1070. The van der Waals surface area contributed by atoms with Crippen molar-refractivity contribution in [2.75, 3.05) is 5.32 Å². The van der Waals surface area contributed by atoms with Gasteiger partial charge in [0, 0.05) is 17.4 Å². The lowest BCUT2D eigenvalue weighted by Gasteiger charge is -2.14. The molecule has 10 heteroatoms. The normalized spacial score (nSPS) is 10.5. The highest BCUT2D eigenvalue weighted by Crippen LogP contribution is 2.39. The van der Waals surface area contributed by atoms with Crippen LogP contribution in [0.1, 0.15) is 10.4 Å². The second-order valence-corrected chi connectivity index (χ2v) is 5.16. The predicted molar refractivity (Wildman–Crippen MR) is 89.1 cm³/mol. The number of nitro benzene ring substituents is 2. The monoisotopic (exact) mass is 353 g/mol. The van der Waals surface area contributed by atoms with E-state index in [1.54, 1.807) is 0 Å². The van der Waals surface area contributed by atoms with Crippen LogP contribution in [0.4, 0.5) is 22.7 Å². The van der Waals surface area contributed by atoms with Crippen molar-refractivity contribution < 1.29 is 19.7 Å². The van der Waals surface area contributed by atoms with Crippen molar-refractivity contribution in [3.05, 3.63) is 74.5 Å². The number of fused-ring (bicyclic) bond motifs is 1. The number of non-ortho nitro benzene ring substituents is 1. The van der Waals surface area contributed by atoms with Gasteiger partial charge in [-0.25, -0.2) is 0 Å². The van der Waals surface area contributed by atoms with Crippen molar-refractivity contribution in [3.8, 4) is 0 Å². The highest BCUT2D eigenvalue weighted by Gasteiger charge is 2.26. The van der Waals surface area contributed by atoms with E-state index in [2.05, 4.69) is 10.3 Å². The summed E-state index contributed by atoms with van der Waals surface area (Å²) < 4.78 is 0. The Morgan fingerprint density at radius 1 is 1.00 bits per heavy atom. The van der Waals surface area contributed by atoms with Crippen LogP contribution in [0.15, 0.2) is 48.7 Å². The number of nitro groups is 2. The van der Waals surface area contributed by atoms with E-state index in [-0.39, 0.29) is 27.8 Å². The number of aromatic nitrogens is 1. The number of pyridine rings is 1. The van der Waals surface area contributed by atoms with E-state index in [4.69, 9.17) is 0 Å². The number of hydrogen-bond donors (Lipinski definition) is 1. The molecule has 10 nitrogen and oxygen atoms in total. The van der Waals surface area contributed by atoms with Crippen molar-refractivity contribution in [2.24, 2.45) is 0 Å². The fourth-order valence-corrected chi connectivity index (χ4v) is 2.54. The molecule has 0 aliphatic rings. The predicted octanol–water partition coefficient (Wildman–Crippen LogP) is 2.16. The summed E-state index contributed by atoms with van der Waals surface area (Å²) in [6.45, 7) is 0. The van der Waals surface area contributed by atoms with Crippen LogP contribution in [0.2, 0.25) is 0 Å². The zero-order valence-corrected chi connectivity index (χ0v) is 12.9. The third-order valence-corrected chi connectivity index (χ3v) is 3.65. The summed E-state index contributed by atoms with van der Waals surface area (Å²) in [6, 6.07) is 9.34. The number of anilines is 2. The van der Waals surface area contributed by atoms with Crippen LogP contribution >= 0.6 is 0 Å². The van der Waals surface area contributed by atoms with E-state index < -0.39 is 27.2 Å². The average Bonchev–Trinajstić information content (AvgIpc) is 2.61. The smallest absolute Gasteiger partial charge is 0.301 e. The highest BCUT2D eigenvalue weighted by molar-refractivity contribution is 6.04. The molecule has 0 atom stereocenters. The summed E-state index contributed by atoms with van der Waals surface area (Å²) in [7, 11) is 0. The molecule has 3 aromatic rings. The Morgan fingerprint density at radius 2 is 1.69 bits per heavy atom. The van der Waals surface area contributed by atoms with Crippen LogP contribution < -0.4 is 10.4 Å². The van der Waals surface area contributed by atoms with Gasteiger partial charge in [-0.05, 0) is 18.2 Å². The van der Waals surface area contributed by atoms with Crippen molar-refractivity contribution >= 4 is 39.6 Å². The molecule has 0 saturated heterocycles. The molecule has 1 aromatic heterocycles. The number of carbonyl (C=O) groups is 1. The van der Waals surface area contributed by atoms with Crippen LogP contribution in [0.5, 0.6) is 0 Å². The maximum absolute atomic E-state index is 11.4. The second-order valence-electron chi connectivity index (χ2n) is 5.16. The Labute approximate surface area is 145 Å². The van der Waals surface area contributed by atoms with Crippen molar-refractivity contribution in [1.82, 2.24) is 4.98 Å². The molecule has 1 heterocycles. The first-order valence-corrected chi connectivity index (χ1v) is 7.18. The summed E-state index contributed by atoms with van der Waals surface area (Å²) in [5.41, 5.74) is -1.43. The summed E-state index contributed by atoms with van der Waals surface area (Å²) in [4.78, 5) is 36.4. The number of nitrogens with one attached hydrogen (secondary N) is 1. The fraction of sp³-hybridized carbons (Fsp3) is 0. The third-order valence-electron chi connectivity index (χ3n) is 3.65. The summed E-state index contributed by atoms with van der Waals surface area (Å²) in [6.07, 6.45) is 1.33. The number of rotatable bonds is 5. The minimum atomic E-state index is -1.48. The van der Waals surface area contributed by atoms with Gasteiger partial charge in [0.25, 0.3) is 5.69 Å². The molecular formula is C16H9N4O6-. The molecule has 0 amide bonds. The molecule has 130 valence electrons. The lowest BCUT2D eigenvalue weighted by molar-refractivity contribution is -0.392. The minimum absolute atomic E-state index is 0.0263. The van der Waals surface area contributed by atoms with Gasteiger partial charge in [0.2, 0.25) is 0 Å². The molecule has 1 N–H and O–H groups in total. The maximum Gasteiger partial charge on any atom is 0.301 e. The first-order chi connectivity index (χ1) is 12.4. The molecule has 0 spiro atoms. The van der Waals surface area contributed by atoms with Crippen molar-refractivity contribution in [2.45, 2.75) is 0 Å². The SMILES string of the molecule is O=C([O-])c1ccccc1Nc1c([N+](=O)[O-])cc([N+](=O)[O-])c2cccnc12. The average molecular weight is 353 g/mol. The molecule has 0 saturated carbocycles. The van der Waals surface area contributed by atoms with Gasteiger partial charge >= 0.3 is 5.69 Å². The van der Waals surface area contributed by atoms with Crippen LogP contribution in [-0.4, -0.2) is 20.8 Å². The summed E-state index contributed by atoms with van der Waals surface area (Å²) in [5, 5.41) is 36.7. The molecule has 0 radical (unpaired) electrons. The largest absolute Gasteiger partial charge is 0.545 e. The Balaban J connectivity index is 2.31. The second kappa shape index (κ2) is 6.43. The summed E-state index contributed by atoms with van der Waals surface area (Å²) in [5.74, 6) is -1.48. The first kappa shape index (κ1) is 16.8. The van der Waals surface area contributed by atoms with Crippen LogP contribution in [0.25, 0.3) is 10.9 Å². The van der Waals surface area contributed by atoms with E-state index in [0.717, 1.165) is 6.07 Å². The number of aromatic carboxylic acids is 1. The van der Waals surface area contributed by atoms with Gasteiger partial charge in [-0.1, -0.05) is 18.2 Å². The van der Waals surface area contributed by atoms with Crippen molar-refractivity contribution in [3.63, 3.8) is 0 Å².